The minimum atomic E-state index is -2.92. The summed E-state index contributed by atoms with van der Waals surface area (Å²) in [7, 11) is 1.62. The number of H-pyrrole nitrogens is 1. The first kappa shape index (κ1) is 17.9. The number of benzene rings is 1. The molecule has 26 heavy (non-hydrogen) atoms. The molecule has 0 aliphatic carbocycles. The number of aromatic nitrogens is 1. The van der Waals surface area contributed by atoms with E-state index < -0.39 is 12.2 Å². The summed E-state index contributed by atoms with van der Waals surface area (Å²) in [5.74, 6) is -0.0527. The highest BCUT2D eigenvalue weighted by molar-refractivity contribution is 7.18. The Bertz CT molecular complexity index is 1030. The fourth-order valence-corrected chi connectivity index (χ4v) is 5.33. The molecular weight excluding hydrogens is 397 g/mol. The van der Waals surface area contributed by atoms with E-state index in [1.54, 1.807) is 37.6 Å². The average Bonchev–Trinajstić information content (AvgIpc) is 3.13. The standard InChI is InChI=1S/C18H16ClF2N2OPS/c1-9-15-12(5-4-11-16(15)10(19)7-14(24)22-11)23(8-18(20,21)25)17(9)13-3-2-6-26-13/h2-7,9,17H,8,25H2,1H3,(H,22,24). The molecule has 2 aromatic heterocycles. The number of nitrogens with one attached hydrogen (secondary N) is 1. The van der Waals surface area contributed by atoms with E-state index in [0.29, 0.717) is 10.5 Å². The largest absolute Gasteiger partial charge is 0.356 e. The number of fused-ring (bicyclic) bond motifs is 3. The quantitative estimate of drug-likeness (QED) is 0.586. The van der Waals surface area contributed by atoms with Crippen LogP contribution in [0.1, 0.15) is 29.3 Å². The van der Waals surface area contributed by atoms with Crippen molar-refractivity contribution in [3.8, 4) is 0 Å². The van der Waals surface area contributed by atoms with Crippen LogP contribution in [0.15, 0.2) is 40.5 Å². The average molecular weight is 413 g/mol. The Balaban J connectivity index is 1.98. The van der Waals surface area contributed by atoms with Gasteiger partial charge in [-0.3, -0.25) is 4.79 Å². The number of hydrogen-bond acceptors (Lipinski definition) is 3. The Morgan fingerprint density at radius 2 is 2.15 bits per heavy atom. The normalized spacial score (nSPS) is 20.0. The van der Waals surface area contributed by atoms with Crippen LogP contribution in [0, 0.1) is 0 Å². The molecule has 3 atom stereocenters. The van der Waals surface area contributed by atoms with E-state index in [4.69, 9.17) is 11.6 Å². The van der Waals surface area contributed by atoms with Crippen molar-refractivity contribution >= 4 is 48.8 Å². The third kappa shape index (κ3) is 2.94. The molecule has 0 saturated carbocycles. The molecule has 0 bridgehead atoms. The summed E-state index contributed by atoms with van der Waals surface area (Å²) >= 11 is 7.93. The lowest BCUT2D eigenvalue weighted by Crippen LogP contribution is -2.34. The van der Waals surface area contributed by atoms with E-state index in [0.717, 1.165) is 21.5 Å². The second-order valence-corrected chi connectivity index (χ2v) is 8.77. The molecule has 0 amide bonds. The molecule has 4 rings (SSSR count). The molecule has 1 N–H and O–H groups in total. The maximum Gasteiger partial charge on any atom is 0.275 e. The van der Waals surface area contributed by atoms with Gasteiger partial charge in [-0.25, -0.2) is 8.78 Å². The summed E-state index contributed by atoms with van der Waals surface area (Å²) in [5, 5.41) is 3.02. The van der Waals surface area contributed by atoms with Crippen molar-refractivity contribution in [3.63, 3.8) is 0 Å². The zero-order chi connectivity index (χ0) is 18.6. The number of hydrogen-bond donors (Lipinski definition) is 1. The maximum absolute atomic E-state index is 13.9. The van der Waals surface area contributed by atoms with Crippen molar-refractivity contribution in [2.24, 2.45) is 0 Å². The van der Waals surface area contributed by atoms with Crippen molar-refractivity contribution in [2.75, 3.05) is 11.4 Å². The minimum Gasteiger partial charge on any atom is -0.356 e. The molecule has 1 aliphatic rings. The number of rotatable bonds is 3. The molecule has 0 spiro atoms. The summed E-state index contributed by atoms with van der Waals surface area (Å²) in [6.45, 7) is 1.61. The van der Waals surface area contributed by atoms with E-state index in [-0.39, 0.29) is 17.5 Å². The molecule has 8 heteroatoms. The second-order valence-electron chi connectivity index (χ2n) is 6.54. The first-order valence-electron chi connectivity index (χ1n) is 8.08. The van der Waals surface area contributed by atoms with Crippen molar-refractivity contribution in [3.05, 3.63) is 61.5 Å². The lowest BCUT2D eigenvalue weighted by molar-refractivity contribution is 0.109. The fraction of sp³-hybridized carbons (Fsp3) is 0.278. The van der Waals surface area contributed by atoms with Gasteiger partial charge in [-0.1, -0.05) is 33.8 Å². The van der Waals surface area contributed by atoms with Crippen LogP contribution in [0.4, 0.5) is 14.5 Å². The SMILES string of the molecule is CC1c2c(ccc3[nH]c(=O)cc(Cl)c23)N(CC(F)(F)P)C1c1cccs1. The Labute approximate surface area is 160 Å². The first-order chi connectivity index (χ1) is 12.3. The molecular formula is C18H16ClF2N2OPS. The van der Waals surface area contributed by atoms with Gasteiger partial charge in [-0.05, 0) is 29.1 Å². The van der Waals surface area contributed by atoms with Gasteiger partial charge >= 0.3 is 0 Å². The molecule has 0 radical (unpaired) electrons. The van der Waals surface area contributed by atoms with Gasteiger partial charge in [0.25, 0.3) is 5.66 Å². The van der Waals surface area contributed by atoms with E-state index in [1.165, 1.54) is 6.07 Å². The molecule has 136 valence electrons. The van der Waals surface area contributed by atoms with Gasteiger partial charge in [-0.2, -0.15) is 0 Å². The van der Waals surface area contributed by atoms with Crippen molar-refractivity contribution < 1.29 is 8.78 Å². The van der Waals surface area contributed by atoms with Crippen LogP contribution < -0.4 is 10.5 Å². The molecule has 3 heterocycles. The highest BCUT2D eigenvalue weighted by Crippen LogP contribution is 2.53. The number of alkyl halides is 2. The van der Waals surface area contributed by atoms with Crippen molar-refractivity contribution in [1.29, 1.82) is 0 Å². The Morgan fingerprint density at radius 3 is 2.81 bits per heavy atom. The van der Waals surface area contributed by atoms with Crippen LogP contribution in [-0.4, -0.2) is 17.2 Å². The molecule has 3 aromatic rings. The molecule has 0 fully saturated rings. The fourth-order valence-electron chi connectivity index (χ4n) is 3.89. The predicted molar refractivity (Wildman–Crippen MR) is 107 cm³/mol. The topological polar surface area (TPSA) is 36.1 Å². The zero-order valence-electron chi connectivity index (χ0n) is 13.8. The lowest BCUT2D eigenvalue weighted by atomic mass is 9.93. The lowest BCUT2D eigenvalue weighted by Gasteiger charge is -2.31. The van der Waals surface area contributed by atoms with Crippen LogP contribution in [0.3, 0.4) is 0 Å². The molecule has 3 nitrogen and oxygen atoms in total. The van der Waals surface area contributed by atoms with Crippen molar-refractivity contribution in [1.82, 2.24) is 4.98 Å². The van der Waals surface area contributed by atoms with E-state index in [9.17, 15) is 13.6 Å². The monoisotopic (exact) mass is 412 g/mol. The van der Waals surface area contributed by atoms with Gasteiger partial charge in [0.2, 0.25) is 5.56 Å². The van der Waals surface area contributed by atoms with Gasteiger partial charge in [0.1, 0.15) is 0 Å². The van der Waals surface area contributed by atoms with E-state index >= 15 is 0 Å². The Morgan fingerprint density at radius 1 is 1.38 bits per heavy atom. The minimum absolute atomic E-state index is 0.0527. The van der Waals surface area contributed by atoms with Gasteiger partial charge in [0, 0.05) is 27.9 Å². The number of halogens is 3. The smallest absolute Gasteiger partial charge is 0.275 e. The first-order valence-corrected chi connectivity index (χ1v) is 9.92. The molecule has 0 saturated heterocycles. The van der Waals surface area contributed by atoms with Gasteiger partial charge in [0.05, 0.1) is 23.1 Å². The number of thiophene rings is 1. The van der Waals surface area contributed by atoms with E-state index in [2.05, 4.69) is 4.98 Å². The predicted octanol–water partition coefficient (Wildman–Crippen LogP) is 5.38. The number of nitrogens with zero attached hydrogens (tertiary/aromatic N) is 1. The van der Waals surface area contributed by atoms with Gasteiger partial charge in [-0.15, -0.1) is 11.3 Å². The Hall–Kier alpha value is -1.49. The number of anilines is 1. The molecule has 3 unspecified atom stereocenters. The van der Waals surface area contributed by atoms with Crippen molar-refractivity contribution in [2.45, 2.75) is 24.5 Å². The maximum atomic E-state index is 13.9. The highest BCUT2D eigenvalue weighted by Gasteiger charge is 2.42. The molecule has 1 aliphatic heterocycles. The van der Waals surface area contributed by atoms with Gasteiger partial charge in [0.15, 0.2) is 0 Å². The second kappa shape index (κ2) is 6.29. The summed E-state index contributed by atoms with van der Waals surface area (Å²) in [6.07, 6.45) is 0. The van der Waals surface area contributed by atoms with Crippen LogP contribution >= 0.6 is 32.2 Å². The van der Waals surface area contributed by atoms with Crippen LogP contribution in [0.2, 0.25) is 5.02 Å². The van der Waals surface area contributed by atoms with Crippen LogP contribution in [-0.2, 0) is 0 Å². The number of pyridine rings is 1. The summed E-state index contributed by atoms with van der Waals surface area (Å²) < 4.78 is 27.8. The summed E-state index contributed by atoms with van der Waals surface area (Å²) in [5.41, 5.74) is -0.940. The third-order valence-electron chi connectivity index (χ3n) is 4.77. The summed E-state index contributed by atoms with van der Waals surface area (Å²) in [4.78, 5) is 17.3. The van der Waals surface area contributed by atoms with Gasteiger partial charge < -0.3 is 9.88 Å². The number of aromatic amines is 1. The zero-order valence-corrected chi connectivity index (χ0v) is 16.5. The van der Waals surface area contributed by atoms with Crippen LogP contribution in [0.5, 0.6) is 0 Å². The molecule has 1 aromatic carbocycles. The van der Waals surface area contributed by atoms with E-state index in [1.807, 2.05) is 24.4 Å². The summed E-state index contributed by atoms with van der Waals surface area (Å²) in [6, 6.07) is 8.56. The highest BCUT2D eigenvalue weighted by atomic mass is 35.5. The third-order valence-corrected chi connectivity index (χ3v) is 6.19. The van der Waals surface area contributed by atoms with Crippen LogP contribution in [0.25, 0.3) is 10.9 Å². The Kier molecular flexibility index (Phi) is 4.33.